The van der Waals surface area contributed by atoms with Crippen molar-refractivity contribution in [2.45, 2.75) is 6.92 Å². The van der Waals surface area contributed by atoms with E-state index in [1.54, 1.807) is 18.2 Å². The predicted molar refractivity (Wildman–Crippen MR) is 91.0 cm³/mol. The molecular weight excluding hydrogens is 299 g/mol. The third kappa shape index (κ3) is 5.10. The summed E-state index contributed by atoms with van der Waals surface area (Å²) in [6.45, 7) is 1.99. The number of aryl methyl sites for hydroxylation is 1. The van der Waals surface area contributed by atoms with Crippen LogP contribution in [0.15, 0.2) is 54.6 Å². The monoisotopic (exact) mass is 314 g/mol. The normalized spacial score (nSPS) is 10.5. The smallest absolute Gasteiger partial charge is 0.250 e. The lowest BCUT2D eigenvalue weighted by Gasteiger charge is -2.08. The lowest BCUT2D eigenvalue weighted by molar-refractivity contribution is -0.115. The first-order valence-electron chi connectivity index (χ1n) is 6.65. The van der Waals surface area contributed by atoms with Crippen molar-refractivity contribution < 1.29 is 9.18 Å². The van der Waals surface area contributed by atoms with E-state index >= 15 is 0 Å². The molecule has 0 saturated heterocycles. The molecule has 0 atom stereocenters. The molecule has 0 aliphatic carbocycles. The Hall–Kier alpha value is -2.53. The van der Waals surface area contributed by atoms with Crippen LogP contribution in [0.2, 0.25) is 0 Å². The Bertz CT molecular complexity index is 694. The second-order valence-corrected chi connectivity index (χ2v) is 5.10. The second-order valence-electron chi connectivity index (χ2n) is 4.69. The standard InChI is InChI=1S/C17H15FN2OS/c1-12-2-9-15(10-3-12)19-17(22)20-16(21)11-6-13-4-7-14(18)8-5-13/h2-11H,1H3,(H2,19,20,21,22). The van der Waals surface area contributed by atoms with Gasteiger partial charge in [-0.15, -0.1) is 0 Å². The van der Waals surface area contributed by atoms with E-state index < -0.39 is 0 Å². The van der Waals surface area contributed by atoms with Gasteiger partial charge in [0.1, 0.15) is 5.82 Å². The number of hydrogen-bond donors (Lipinski definition) is 2. The van der Waals surface area contributed by atoms with Gasteiger partial charge in [-0.1, -0.05) is 29.8 Å². The number of halogens is 1. The van der Waals surface area contributed by atoms with E-state index in [0.717, 1.165) is 16.8 Å². The molecule has 2 N–H and O–H groups in total. The summed E-state index contributed by atoms with van der Waals surface area (Å²) in [5.74, 6) is -0.668. The van der Waals surface area contributed by atoms with Crippen LogP contribution in [-0.2, 0) is 4.79 Å². The Labute approximate surface area is 133 Å². The minimum absolute atomic E-state index is 0.220. The van der Waals surface area contributed by atoms with E-state index in [2.05, 4.69) is 10.6 Å². The molecule has 0 bridgehead atoms. The van der Waals surface area contributed by atoms with Gasteiger partial charge in [0, 0.05) is 11.8 Å². The minimum Gasteiger partial charge on any atom is -0.332 e. The molecular formula is C17H15FN2OS. The Morgan fingerprint density at radius 3 is 2.36 bits per heavy atom. The van der Waals surface area contributed by atoms with Crippen molar-refractivity contribution in [1.82, 2.24) is 5.32 Å². The maximum atomic E-state index is 12.8. The Morgan fingerprint density at radius 1 is 1.09 bits per heavy atom. The fourth-order valence-electron chi connectivity index (χ4n) is 1.70. The molecule has 0 unspecified atom stereocenters. The lowest BCUT2D eigenvalue weighted by Crippen LogP contribution is -2.32. The first kappa shape index (κ1) is 15.9. The van der Waals surface area contributed by atoms with Crippen LogP contribution < -0.4 is 10.6 Å². The molecule has 0 aliphatic heterocycles. The predicted octanol–water partition coefficient (Wildman–Crippen LogP) is 3.66. The van der Waals surface area contributed by atoms with Crippen LogP contribution in [0, 0.1) is 12.7 Å². The Kier molecular flexibility index (Phi) is 5.38. The van der Waals surface area contributed by atoms with Gasteiger partial charge < -0.3 is 5.32 Å². The quantitative estimate of drug-likeness (QED) is 0.671. The van der Waals surface area contributed by atoms with Gasteiger partial charge in [0.2, 0.25) is 5.91 Å². The average Bonchev–Trinajstić information content (AvgIpc) is 2.49. The van der Waals surface area contributed by atoms with Gasteiger partial charge in [0.05, 0.1) is 0 Å². The van der Waals surface area contributed by atoms with Crippen molar-refractivity contribution in [3.05, 3.63) is 71.6 Å². The number of amides is 1. The van der Waals surface area contributed by atoms with Crippen LogP contribution in [0.25, 0.3) is 6.08 Å². The van der Waals surface area contributed by atoms with Gasteiger partial charge in [-0.05, 0) is 55.0 Å². The first-order chi connectivity index (χ1) is 10.5. The zero-order valence-corrected chi connectivity index (χ0v) is 12.8. The molecule has 22 heavy (non-hydrogen) atoms. The first-order valence-corrected chi connectivity index (χ1v) is 7.06. The molecule has 2 aromatic carbocycles. The van der Waals surface area contributed by atoms with Crippen LogP contribution in [0.5, 0.6) is 0 Å². The molecule has 3 nitrogen and oxygen atoms in total. The number of rotatable bonds is 3. The average molecular weight is 314 g/mol. The number of benzene rings is 2. The summed E-state index contributed by atoms with van der Waals surface area (Å²) in [6.07, 6.45) is 2.93. The van der Waals surface area contributed by atoms with Crippen LogP contribution in [0.4, 0.5) is 10.1 Å². The highest BCUT2D eigenvalue weighted by Crippen LogP contribution is 2.08. The van der Waals surface area contributed by atoms with E-state index in [0.29, 0.717) is 0 Å². The highest BCUT2D eigenvalue weighted by atomic mass is 32.1. The number of carbonyl (C=O) groups is 1. The fourth-order valence-corrected chi connectivity index (χ4v) is 1.92. The van der Waals surface area contributed by atoms with Gasteiger partial charge >= 0.3 is 0 Å². The molecule has 0 spiro atoms. The highest BCUT2D eigenvalue weighted by Gasteiger charge is 2.01. The number of hydrogen-bond acceptors (Lipinski definition) is 2. The van der Waals surface area contributed by atoms with E-state index in [1.807, 2.05) is 31.2 Å². The molecule has 5 heteroatoms. The van der Waals surface area contributed by atoms with Crippen molar-refractivity contribution in [1.29, 1.82) is 0 Å². The molecule has 0 radical (unpaired) electrons. The summed E-state index contributed by atoms with van der Waals surface area (Å²) in [4.78, 5) is 11.7. The number of thiocarbonyl (C=S) groups is 1. The van der Waals surface area contributed by atoms with Gasteiger partial charge in [-0.25, -0.2) is 4.39 Å². The van der Waals surface area contributed by atoms with Crippen LogP contribution in [0.1, 0.15) is 11.1 Å². The summed E-state index contributed by atoms with van der Waals surface area (Å²) >= 11 is 5.07. The Morgan fingerprint density at radius 2 is 1.73 bits per heavy atom. The van der Waals surface area contributed by atoms with Crippen molar-refractivity contribution in [3.8, 4) is 0 Å². The zero-order chi connectivity index (χ0) is 15.9. The third-order valence-electron chi connectivity index (χ3n) is 2.84. The molecule has 0 aliphatic rings. The summed E-state index contributed by atoms with van der Waals surface area (Å²) < 4.78 is 12.8. The summed E-state index contributed by atoms with van der Waals surface area (Å²) in [5.41, 5.74) is 2.68. The number of nitrogens with one attached hydrogen (secondary N) is 2. The fraction of sp³-hybridized carbons (Fsp3) is 0.0588. The van der Waals surface area contributed by atoms with Gasteiger partial charge in [-0.2, -0.15) is 0 Å². The van der Waals surface area contributed by atoms with E-state index in [9.17, 15) is 9.18 Å². The topological polar surface area (TPSA) is 41.1 Å². The van der Waals surface area contributed by atoms with Gasteiger partial charge in [-0.3, -0.25) is 10.1 Å². The summed E-state index contributed by atoms with van der Waals surface area (Å²) in [6, 6.07) is 13.5. The van der Waals surface area contributed by atoms with E-state index in [1.165, 1.54) is 18.2 Å². The molecule has 0 heterocycles. The second kappa shape index (κ2) is 7.47. The Balaban J connectivity index is 1.87. The molecule has 0 saturated carbocycles. The minimum atomic E-state index is -0.353. The van der Waals surface area contributed by atoms with Gasteiger partial charge in [0.25, 0.3) is 0 Å². The largest absolute Gasteiger partial charge is 0.332 e. The lowest BCUT2D eigenvalue weighted by atomic mass is 10.2. The SMILES string of the molecule is Cc1ccc(NC(=S)NC(=O)C=Cc2ccc(F)cc2)cc1. The molecule has 0 fully saturated rings. The molecule has 2 aromatic rings. The molecule has 112 valence electrons. The van der Waals surface area contributed by atoms with Crippen LogP contribution in [-0.4, -0.2) is 11.0 Å². The third-order valence-corrected chi connectivity index (χ3v) is 3.05. The highest BCUT2D eigenvalue weighted by molar-refractivity contribution is 7.80. The van der Waals surface area contributed by atoms with Gasteiger partial charge in [0.15, 0.2) is 5.11 Å². The van der Waals surface area contributed by atoms with Crippen molar-refractivity contribution >= 4 is 35.0 Å². The maximum Gasteiger partial charge on any atom is 0.250 e. The summed E-state index contributed by atoms with van der Waals surface area (Å²) in [7, 11) is 0. The molecule has 1 amide bonds. The van der Waals surface area contributed by atoms with E-state index in [4.69, 9.17) is 12.2 Å². The maximum absolute atomic E-state index is 12.8. The number of anilines is 1. The van der Waals surface area contributed by atoms with Crippen molar-refractivity contribution in [2.24, 2.45) is 0 Å². The zero-order valence-electron chi connectivity index (χ0n) is 12.0. The van der Waals surface area contributed by atoms with Crippen LogP contribution in [0.3, 0.4) is 0 Å². The van der Waals surface area contributed by atoms with Crippen LogP contribution >= 0.6 is 12.2 Å². The molecule has 2 rings (SSSR count). The summed E-state index contributed by atoms with van der Waals surface area (Å²) in [5, 5.41) is 5.69. The molecule has 0 aromatic heterocycles. The van der Waals surface area contributed by atoms with Crippen molar-refractivity contribution in [2.75, 3.05) is 5.32 Å². The van der Waals surface area contributed by atoms with E-state index in [-0.39, 0.29) is 16.8 Å². The number of carbonyl (C=O) groups excluding carboxylic acids is 1. The van der Waals surface area contributed by atoms with Crippen molar-refractivity contribution in [3.63, 3.8) is 0 Å².